The summed E-state index contributed by atoms with van der Waals surface area (Å²) in [5, 5.41) is 29.7. The lowest BCUT2D eigenvalue weighted by atomic mass is 10.1. The third-order valence-electron chi connectivity index (χ3n) is 3.06. The van der Waals surface area contributed by atoms with E-state index in [2.05, 4.69) is 5.32 Å². The van der Waals surface area contributed by atoms with Crippen molar-refractivity contribution in [3.8, 4) is 5.75 Å². The summed E-state index contributed by atoms with van der Waals surface area (Å²) >= 11 is 0. The van der Waals surface area contributed by atoms with Gasteiger partial charge in [0.05, 0.1) is 5.69 Å². The fourth-order valence-corrected chi connectivity index (χ4v) is 1.93. The Morgan fingerprint density at radius 1 is 1.38 bits per heavy atom. The first-order valence-electron chi connectivity index (χ1n) is 6.62. The van der Waals surface area contributed by atoms with E-state index in [0.29, 0.717) is 12.2 Å². The highest BCUT2D eigenvalue weighted by Gasteiger charge is 2.23. The minimum absolute atomic E-state index is 0.0204. The van der Waals surface area contributed by atoms with Crippen molar-refractivity contribution in [3.05, 3.63) is 23.8 Å². The van der Waals surface area contributed by atoms with Crippen LogP contribution < -0.4 is 10.2 Å². The number of carbonyl (C=O) groups is 2. The molecule has 2 amide bonds. The summed E-state index contributed by atoms with van der Waals surface area (Å²) in [4.78, 5) is 24.6. The molecule has 7 heteroatoms. The second-order valence-electron chi connectivity index (χ2n) is 4.57. The van der Waals surface area contributed by atoms with E-state index >= 15 is 0 Å². The van der Waals surface area contributed by atoms with Crippen molar-refractivity contribution >= 4 is 17.7 Å². The SMILES string of the molecule is CCN(C(=O)N[C@H](CCO)C(=O)O)c1cc(O)ccc1C. The summed E-state index contributed by atoms with van der Waals surface area (Å²) in [6, 6.07) is 2.88. The highest BCUT2D eigenvalue weighted by Crippen LogP contribution is 2.25. The summed E-state index contributed by atoms with van der Waals surface area (Å²) in [7, 11) is 0. The van der Waals surface area contributed by atoms with Gasteiger partial charge in [-0.15, -0.1) is 0 Å². The normalized spacial score (nSPS) is 11.8. The molecule has 0 radical (unpaired) electrons. The fraction of sp³-hybridized carbons (Fsp3) is 0.429. The molecule has 21 heavy (non-hydrogen) atoms. The van der Waals surface area contributed by atoms with Crippen LogP contribution in [0, 0.1) is 6.92 Å². The van der Waals surface area contributed by atoms with Crippen LogP contribution in [0.5, 0.6) is 5.75 Å². The van der Waals surface area contributed by atoms with Gasteiger partial charge in [-0.1, -0.05) is 6.07 Å². The first kappa shape index (κ1) is 16.8. The van der Waals surface area contributed by atoms with Crippen LogP contribution in [0.1, 0.15) is 18.9 Å². The molecule has 1 aromatic rings. The Morgan fingerprint density at radius 3 is 2.57 bits per heavy atom. The molecule has 1 rings (SSSR count). The van der Waals surface area contributed by atoms with Gasteiger partial charge >= 0.3 is 12.0 Å². The second kappa shape index (κ2) is 7.49. The maximum Gasteiger partial charge on any atom is 0.326 e. The molecule has 1 aromatic carbocycles. The van der Waals surface area contributed by atoms with Crippen molar-refractivity contribution in [2.24, 2.45) is 0 Å². The molecule has 0 aliphatic heterocycles. The fourth-order valence-electron chi connectivity index (χ4n) is 1.93. The van der Waals surface area contributed by atoms with Gasteiger partial charge in [-0.3, -0.25) is 4.90 Å². The van der Waals surface area contributed by atoms with E-state index in [-0.39, 0.29) is 18.8 Å². The number of benzene rings is 1. The highest BCUT2D eigenvalue weighted by molar-refractivity contribution is 5.95. The Bertz CT molecular complexity index is 518. The Morgan fingerprint density at radius 2 is 2.05 bits per heavy atom. The van der Waals surface area contributed by atoms with Gasteiger partial charge in [-0.05, 0) is 25.5 Å². The number of aliphatic hydroxyl groups is 1. The number of carboxylic acid groups (broad SMARTS) is 1. The molecule has 7 nitrogen and oxygen atoms in total. The smallest absolute Gasteiger partial charge is 0.326 e. The molecule has 116 valence electrons. The lowest BCUT2D eigenvalue weighted by Crippen LogP contribution is -2.48. The number of aliphatic hydroxyl groups excluding tert-OH is 1. The largest absolute Gasteiger partial charge is 0.508 e. The molecule has 1 atom stereocenters. The van der Waals surface area contributed by atoms with Gasteiger partial charge in [0.2, 0.25) is 0 Å². The Hall–Kier alpha value is -2.28. The van der Waals surface area contributed by atoms with Gasteiger partial charge in [0.1, 0.15) is 11.8 Å². The number of anilines is 1. The van der Waals surface area contributed by atoms with E-state index in [4.69, 9.17) is 10.2 Å². The van der Waals surface area contributed by atoms with E-state index in [1.807, 2.05) is 0 Å². The number of aliphatic carboxylic acids is 1. The highest BCUT2D eigenvalue weighted by atomic mass is 16.4. The van der Waals surface area contributed by atoms with Crippen molar-refractivity contribution in [2.45, 2.75) is 26.3 Å². The molecule has 0 spiro atoms. The van der Waals surface area contributed by atoms with Crippen LogP contribution in [0.25, 0.3) is 0 Å². The van der Waals surface area contributed by atoms with E-state index in [1.165, 1.54) is 17.0 Å². The van der Waals surface area contributed by atoms with Crippen LogP contribution in [0.2, 0.25) is 0 Å². The minimum atomic E-state index is -1.21. The van der Waals surface area contributed by atoms with E-state index < -0.39 is 18.0 Å². The van der Waals surface area contributed by atoms with Crippen LogP contribution in [-0.4, -0.2) is 46.5 Å². The third-order valence-corrected chi connectivity index (χ3v) is 3.06. The topological polar surface area (TPSA) is 110 Å². The zero-order valence-electron chi connectivity index (χ0n) is 12.0. The number of phenols is 1. The number of hydrogen-bond donors (Lipinski definition) is 4. The van der Waals surface area contributed by atoms with Gasteiger partial charge in [-0.25, -0.2) is 9.59 Å². The summed E-state index contributed by atoms with van der Waals surface area (Å²) in [6.45, 7) is 3.49. The molecule has 0 saturated carbocycles. The lowest BCUT2D eigenvalue weighted by molar-refractivity contribution is -0.139. The van der Waals surface area contributed by atoms with Crippen molar-refractivity contribution in [3.63, 3.8) is 0 Å². The van der Waals surface area contributed by atoms with E-state index in [9.17, 15) is 14.7 Å². The number of hydrogen-bond acceptors (Lipinski definition) is 4. The zero-order chi connectivity index (χ0) is 16.0. The molecule has 0 aromatic heterocycles. The summed E-state index contributed by atoms with van der Waals surface area (Å²) < 4.78 is 0. The number of rotatable bonds is 6. The quantitative estimate of drug-likeness (QED) is 0.627. The maximum absolute atomic E-state index is 12.2. The monoisotopic (exact) mass is 296 g/mol. The predicted molar refractivity (Wildman–Crippen MR) is 77.5 cm³/mol. The molecule has 0 saturated heterocycles. The third kappa shape index (κ3) is 4.35. The molecule has 4 N–H and O–H groups in total. The second-order valence-corrected chi connectivity index (χ2v) is 4.57. The Labute approximate surface area is 122 Å². The molecule has 0 aliphatic rings. The Balaban J connectivity index is 2.96. The van der Waals surface area contributed by atoms with E-state index in [1.54, 1.807) is 19.9 Å². The average Bonchev–Trinajstić information content (AvgIpc) is 2.42. The van der Waals surface area contributed by atoms with Gasteiger partial charge < -0.3 is 20.6 Å². The Kier molecular flexibility index (Phi) is 5.98. The number of nitrogens with zero attached hydrogens (tertiary/aromatic N) is 1. The molecular weight excluding hydrogens is 276 g/mol. The van der Waals surface area contributed by atoms with Crippen LogP contribution in [-0.2, 0) is 4.79 Å². The number of aromatic hydroxyl groups is 1. The molecule has 0 aliphatic carbocycles. The number of urea groups is 1. The van der Waals surface area contributed by atoms with Crippen molar-refractivity contribution < 1.29 is 24.9 Å². The standard InChI is InChI=1S/C14H20N2O5/c1-3-16(12-8-10(18)5-4-9(12)2)14(21)15-11(6-7-17)13(19)20/h4-5,8,11,17-18H,3,6-7H2,1-2H3,(H,15,21)(H,19,20)/t11-/m1/s1. The lowest BCUT2D eigenvalue weighted by Gasteiger charge is -2.25. The minimum Gasteiger partial charge on any atom is -0.508 e. The van der Waals surface area contributed by atoms with Crippen LogP contribution in [0.15, 0.2) is 18.2 Å². The molecular formula is C14H20N2O5. The summed E-state index contributed by atoms with van der Waals surface area (Å²) in [5.74, 6) is -1.19. The number of phenolic OH excluding ortho intramolecular Hbond substituents is 1. The maximum atomic E-state index is 12.2. The van der Waals surface area contributed by atoms with Crippen LogP contribution in [0.3, 0.4) is 0 Å². The van der Waals surface area contributed by atoms with Gasteiger partial charge in [0.25, 0.3) is 0 Å². The van der Waals surface area contributed by atoms with Crippen LogP contribution in [0.4, 0.5) is 10.5 Å². The summed E-state index contributed by atoms with van der Waals surface area (Å²) in [5.41, 5.74) is 1.28. The van der Waals surface area contributed by atoms with E-state index in [0.717, 1.165) is 5.56 Å². The van der Waals surface area contributed by atoms with Crippen molar-refractivity contribution in [1.82, 2.24) is 5.32 Å². The van der Waals surface area contributed by atoms with Gasteiger partial charge in [-0.2, -0.15) is 0 Å². The zero-order valence-corrected chi connectivity index (χ0v) is 12.0. The molecule has 0 unspecified atom stereocenters. The summed E-state index contributed by atoms with van der Waals surface area (Å²) in [6.07, 6.45) is -0.0718. The number of carbonyl (C=O) groups excluding carboxylic acids is 1. The first-order chi connectivity index (χ1) is 9.90. The van der Waals surface area contributed by atoms with Gasteiger partial charge in [0, 0.05) is 25.6 Å². The average molecular weight is 296 g/mol. The first-order valence-corrected chi connectivity index (χ1v) is 6.62. The van der Waals surface area contributed by atoms with Gasteiger partial charge in [0.15, 0.2) is 0 Å². The molecule has 0 heterocycles. The predicted octanol–water partition coefficient (Wildman–Crippen LogP) is 1.07. The van der Waals surface area contributed by atoms with Crippen molar-refractivity contribution in [2.75, 3.05) is 18.1 Å². The number of carboxylic acids is 1. The number of aryl methyl sites for hydroxylation is 1. The number of nitrogens with one attached hydrogen (secondary N) is 1. The molecule has 0 bridgehead atoms. The molecule has 0 fully saturated rings. The van der Waals surface area contributed by atoms with Crippen LogP contribution >= 0.6 is 0 Å². The number of amides is 2. The van der Waals surface area contributed by atoms with Crippen molar-refractivity contribution in [1.29, 1.82) is 0 Å².